The van der Waals surface area contributed by atoms with Crippen LogP contribution in [0.15, 0.2) is 18.2 Å². The molecule has 0 aromatic heterocycles. The van der Waals surface area contributed by atoms with Crippen LogP contribution in [0.2, 0.25) is 0 Å². The minimum Gasteiger partial charge on any atom is -0.478 e. The fourth-order valence-corrected chi connectivity index (χ4v) is 2.34. The first kappa shape index (κ1) is 15.5. The lowest BCUT2D eigenvalue weighted by Gasteiger charge is -2.19. The van der Waals surface area contributed by atoms with Gasteiger partial charge in [0.25, 0.3) is 0 Å². The maximum atomic E-state index is 12.1. The van der Waals surface area contributed by atoms with E-state index in [-0.39, 0.29) is 11.5 Å². The van der Waals surface area contributed by atoms with Gasteiger partial charge in [-0.05, 0) is 44.1 Å². The SMILES string of the molecule is Cc1ccc(C(=O)O)cc1NC(=O)CN1CCCNCC1. The smallest absolute Gasteiger partial charge is 0.335 e. The number of carboxylic acids is 1. The van der Waals surface area contributed by atoms with E-state index in [0.29, 0.717) is 12.2 Å². The van der Waals surface area contributed by atoms with Gasteiger partial charge in [0.2, 0.25) is 5.91 Å². The number of anilines is 1. The standard InChI is InChI=1S/C15H21N3O3/c1-11-3-4-12(15(20)21)9-13(11)17-14(19)10-18-7-2-5-16-6-8-18/h3-4,9,16H,2,5-8,10H2,1H3,(H,17,19)(H,20,21). The molecule has 3 N–H and O–H groups in total. The molecule has 0 saturated carbocycles. The van der Waals surface area contributed by atoms with E-state index in [4.69, 9.17) is 5.11 Å². The van der Waals surface area contributed by atoms with E-state index >= 15 is 0 Å². The van der Waals surface area contributed by atoms with Crippen LogP contribution in [0.4, 0.5) is 5.69 Å². The highest BCUT2D eigenvalue weighted by Crippen LogP contribution is 2.17. The van der Waals surface area contributed by atoms with Crippen LogP contribution in [0, 0.1) is 6.92 Å². The van der Waals surface area contributed by atoms with E-state index in [1.807, 2.05) is 6.92 Å². The molecule has 0 spiro atoms. The number of aromatic carboxylic acids is 1. The summed E-state index contributed by atoms with van der Waals surface area (Å²) in [6.07, 6.45) is 1.03. The lowest BCUT2D eigenvalue weighted by molar-refractivity contribution is -0.117. The number of aryl methyl sites for hydroxylation is 1. The summed E-state index contributed by atoms with van der Waals surface area (Å²) in [4.78, 5) is 25.2. The van der Waals surface area contributed by atoms with Gasteiger partial charge in [0, 0.05) is 18.8 Å². The highest BCUT2D eigenvalue weighted by Gasteiger charge is 2.14. The van der Waals surface area contributed by atoms with Crippen molar-refractivity contribution in [1.29, 1.82) is 0 Å². The predicted octanol–water partition coefficient (Wildman–Crippen LogP) is 0.927. The van der Waals surface area contributed by atoms with Crippen molar-refractivity contribution in [3.63, 3.8) is 0 Å². The molecule has 1 heterocycles. The predicted molar refractivity (Wildman–Crippen MR) is 80.7 cm³/mol. The van der Waals surface area contributed by atoms with Crippen molar-refractivity contribution in [3.8, 4) is 0 Å². The van der Waals surface area contributed by atoms with Crippen LogP contribution in [0.1, 0.15) is 22.3 Å². The van der Waals surface area contributed by atoms with Crippen molar-refractivity contribution < 1.29 is 14.7 Å². The van der Waals surface area contributed by atoms with E-state index < -0.39 is 5.97 Å². The van der Waals surface area contributed by atoms with E-state index in [0.717, 1.165) is 38.2 Å². The van der Waals surface area contributed by atoms with Crippen molar-refractivity contribution in [2.45, 2.75) is 13.3 Å². The Hall–Kier alpha value is -1.92. The molecule has 0 radical (unpaired) electrons. The first-order valence-electron chi connectivity index (χ1n) is 7.13. The van der Waals surface area contributed by atoms with Crippen LogP contribution in [0.3, 0.4) is 0 Å². The summed E-state index contributed by atoms with van der Waals surface area (Å²) in [5, 5.41) is 15.1. The van der Waals surface area contributed by atoms with E-state index in [2.05, 4.69) is 15.5 Å². The molecule has 1 amide bonds. The van der Waals surface area contributed by atoms with Crippen LogP contribution in [-0.2, 0) is 4.79 Å². The largest absolute Gasteiger partial charge is 0.478 e. The molecule has 21 heavy (non-hydrogen) atoms. The average molecular weight is 291 g/mol. The Balaban J connectivity index is 1.98. The highest BCUT2D eigenvalue weighted by atomic mass is 16.4. The molecule has 114 valence electrons. The Bertz CT molecular complexity index is 523. The number of rotatable bonds is 4. The lowest BCUT2D eigenvalue weighted by Crippen LogP contribution is -2.35. The van der Waals surface area contributed by atoms with Crippen LogP contribution in [0.5, 0.6) is 0 Å². The monoisotopic (exact) mass is 291 g/mol. The number of nitrogens with one attached hydrogen (secondary N) is 2. The second-order valence-corrected chi connectivity index (χ2v) is 5.26. The normalized spacial score (nSPS) is 16.2. The number of hydrogen-bond donors (Lipinski definition) is 3. The maximum Gasteiger partial charge on any atom is 0.335 e. The topological polar surface area (TPSA) is 81.7 Å². The number of carbonyl (C=O) groups excluding carboxylic acids is 1. The van der Waals surface area contributed by atoms with Gasteiger partial charge in [-0.2, -0.15) is 0 Å². The molecule has 2 rings (SSSR count). The van der Waals surface area contributed by atoms with Crippen LogP contribution in [-0.4, -0.2) is 54.6 Å². The van der Waals surface area contributed by atoms with Crippen molar-refractivity contribution in [1.82, 2.24) is 10.2 Å². The Morgan fingerprint density at radius 2 is 2.14 bits per heavy atom. The third-order valence-electron chi connectivity index (χ3n) is 3.56. The summed E-state index contributed by atoms with van der Waals surface area (Å²) < 4.78 is 0. The average Bonchev–Trinajstić information content (AvgIpc) is 2.69. The fourth-order valence-electron chi connectivity index (χ4n) is 2.34. The Morgan fingerprint density at radius 1 is 1.33 bits per heavy atom. The number of hydrogen-bond acceptors (Lipinski definition) is 4. The first-order valence-corrected chi connectivity index (χ1v) is 7.13. The summed E-state index contributed by atoms with van der Waals surface area (Å²) in [7, 11) is 0. The third-order valence-corrected chi connectivity index (χ3v) is 3.56. The van der Waals surface area contributed by atoms with Gasteiger partial charge in [-0.25, -0.2) is 4.79 Å². The van der Waals surface area contributed by atoms with Gasteiger partial charge in [-0.3, -0.25) is 9.69 Å². The molecular weight excluding hydrogens is 270 g/mol. The van der Waals surface area contributed by atoms with Crippen molar-refractivity contribution in [3.05, 3.63) is 29.3 Å². The van der Waals surface area contributed by atoms with E-state index in [9.17, 15) is 9.59 Å². The summed E-state index contributed by atoms with van der Waals surface area (Å²) in [6, 6.07) is 4.74. The molecule has 6 nitrogen and oxygen atoms in total. The lowest BCUT2D eigenvalue weighted by atomic mass is 10.1. The van der Waals surface area contributed by atoms with Gasteiger partial charge in [-0.15, -0.1) is 0 Å². The maximum absolute atomic E-state index is 12.1. The van der Waals surface area contributed by atoms with Gasteiger partial charge in [0.1, 0.15) is 0 Å². The molecule has 1 aliphatic heterocycles. The minimum absolute atomic E-state index is 0.109. The summed E-state index contributed by atoms with van der Waals surface area (Å²) in [5.41, 5.74) is 1.59. The fraction of sp³-hybridized carbons (Fsp3) is 0.467. The Kier molecular flexibility index (Phi) is 5.30. The molecule has 1 fully saturated rings. The molecule has 0 bridgehead atoms. The Morgan fingerprint density at radius 3 is 2.90 bits per heavy atom. The first-order chi connectivity index (χ1) is 10.1. The molecule has 6 heteroatoms. The number of nitrogens with zero attached hydrogens (tertiary/aromatic N) is 1. The van der Waals surface area contributed by atoms with E-state index in [1.54, 1.807) is 6.07 Å². The van der Waals surface area contributed by atoms with Crippen molar-refractivity contribution in [2.24, 2.45) is 0 Å². The van der Waals surface area contributed by atoms with Gasteiger partial charge >= 0.3 is 5.97 Å². The second kappa shape index (κ2) is 7.19. The molecule has 1 aromatic rings. The molecule has 0 atom stereocenters. The zero-order chi connectivity index (χ0) is 15.2. The number of benzene rings is 1. The van der Waals surface area contributed by atoms with Gasteiger partial charge < -0.3 is 15.7 Å². The molecule has 1 aromatic carbocycles. The molecule has 1 saturated heterocycles. The molecule has 1 aliphatic rings. The van der Waals surface area contributed by atoms with Crippen LogP contribution in [0.25, 0.3) is 0 Å². The summed E-state index contributed by atoms with van der Waals surface area (Å²) in [6.45, 7) is 5.80. The number of amides is 1. The zero-order valence-electron chi connectivity index (χ0n) is 12.2. The van der Waals surface area contributed by atoms with Crippen LogP contribution < -0.4 is 10.6 Å². The summed E-state index contributed by atoms with van der Waals surface area (Å²) >= 11 is 0. The minimum atomic E-state index is -0.996. The van der Waals surface area contributed by atoms with Crippen molar-refractivity contribution >= 4 is 17.6 Å². The quantitative estimate of drug-likeness (QED) is 0.769. The molecular formula is C15H21N3O3. The van der Waals surface area contributed by atoms with Gasteiger partial charge in [0.15, 0.2) is 0 Å². The van der Waals surface area contributed by atoms with Gasteiger partial charge in [0.05, 0.1) is 12.1 Å². The molecule has 0 unspecified atom stereocenters. The summed E-state index contributed by atoms with van der Waals surface area (Å²) in [5.74, 6) is -1.10. The molecule has 0 aliphatic carbocycles. The van der Waals surface area contributed by atoms with E-state index in [1.165, 1.54) is 12.1 Å². The van der Waals surface area contributed by atoms with Crippen LogP contribution >= 0.6 is 0 Å². The number of carboxylic acid groups (broad SMARTS) is 1. The van der Waals surface area contributed by atoms with Gasteiger partial charge in [-0.1, -0.05) is 6.07 Å². The highest BCUT2D eigenvalue weighted by molar-refractivity contribution is 5.95. The van der Waals surface area contributed by atoms with Crippen molar-refractivity contribution in [2.75, 3.05) is 38.0 Å². The zero-order valence-corrected chi connectivity index (χ0v) is 12.2. The number of carbonyl (C=O) groups is 2. The second-order valence-electron chi connectivity index (χ2n) is 5.26. The third kappa shape index (κ3) is 4.54. The Labute approximate surface area is 124 Å².